The van der Waals surface area contributed by atoms with Gasteiger partial charge in [0, 0.05) is 13.0 Å². The molecule has 110 valence electrons. The monoisotopic (exact) mass is 278 g/mol. The highest BCUT2D eigenvalue weighted by Crippen LogP contribution is 2.29. The largest absolute Gasteiger partial charge is 0.389 e. The lowest BCUT2D eigenvalue weighted by Gasteiger charge is -2.24. The Labute approximate surface area is 112 Å². The smallest absolute Gasteiger partial charge is 0.355 e. The van der Waals surface area contributed by atoms with E-state index in [1.165, 1.54) is 0 Å². The second-order valence-electron chi connectivity index (χ2n) is 4.67. The number of carbonyl (C=O) groups is 1. The van der Waals surface area contributed by atoms with E-state index in [0.717, 1.165) is 0 Å². The van der Waals surface area contributed by atoms with Crippen LogP contribution in [0.1, 0.15) is 52.4 Å². The highest BCUT2D eigenvalue weighted by Gasteiger charge is 2.36. The molecule has 1 N–H and O–H groups in total. The van der Waals surface area contributed by atoms with Gasteiger partial charge >= 0.3 is 6.18 Å². The van der Waals surface area contributed by atoms with E-state index in [-0.39, 0.29) is 13.0 Å². The zero-order valence-electron chi connectivity index (χ0n) is 11.4. The van der Waals surface area contributed by atoms with E-state index in [2.05, 4.69) is 5.32 Å². The summed E-state index contributed by atoms with van der Waals surface area (Å²) >= 11 is 0. The van der Waals surface area contributed by atoms with Crippen molar-refractivity contribution >= 4 is 5.91 Å². The molecule has 0 unspecified atom stereocenters. The fourth-order valence-corrected chi connectivity index (χ4v) is 2.03. The first-order valence-corrected chi connectivity index (χ1v) is 6.57. The molecule has 0 radical (unpaired) electrons. The first-order valence-electron chi connectivity index (χ1n) is 6.57. The summed E-state index contributed by atoms with van der Waals surface area (Å²) in [5.41, 5.74) is -1.10. The van der Waals surface area contributed by atoms with Crippen molar-refractivity contribution in [2.45, 2.75) is 58.5 Å². The first kappa shape index (κ1) is 17.8. The molecule has 0 rings (SSSR count). The van der Waals surface area contributed by atoms with Crippen LogP contribution in [0.25, 0.3) is 0 Å². The molecule has 6 heteroatoms. The zero-order chi connectivity index (χ0) is 14.9. The second kappa shape index (κ2) is 8.03. The number of alkyl halides is 3. The average molecular weight is 278 g/mol. The molecule has 0 aromatic carbocycles. The van der Waals surface area contributed by atoms with Gasteiger partial charge in [-0.2, -0.15) is 18.4 Å². The third kappa shape index (κ3) is 6.46. The van der Waals surface area contributed by atoms with Gasteiger partial charge in [-0.15, -0.1) is 0 Å². The van der Waals surface area contributed by atoms with Crippen molar-refractivity contribution in [3.8, 4) is 6.07 Å². The van der Waals surface area contributed by atoms with E-state index in [4.69, 9.17) is 0 Å². The Morgan fingerprint density at radius 2 is 1.68 bits per heavy atom. The van der Waals surface area contributed by atoms with Crippen LogP contribution in [0.3, 0.4) is 0 Å². The van der Waals surface area contributed by atoms with Gasteiger partial charge in [0.05, 0.1) is 6.07 Å². The number of carbonyl (C=O) groups excluding carboxylic acids is 1. The number of hydrogen-bond acceptors (Lipinski definition) is 2. The zero-order valence-corrected chi connectivity index (χ0v) is 11.4. The summed E-state index contributed by atoms with van der Waals surface area (Å²) in [6, 6.07) is 2.04. The maximum atomic E-state index is 12.0. The molecule has 0 aliphatic carbocycles. The lowest BCUT2D eigenvalue weighted by Crippen LogP contribution is -2.40. The second-order valence-corrected chi connectivity index (χ2v) is 4.67. The van der Waals surface area contributed by atoms with Crippen LogP contribution < -0.4 is 5.32 Å². The number of rotatable bonds is 8. The molecule has 0 saturated heterocycles. The molecule has 1 amide bonds. The van der Waals surface area contributed by atoms with E-state index in [9.17, 15) is 23.2 Å². The highest BCUT2D eigenvalue weighted by atomic mass is 19.4. The van der Waals surface area contributed by atoms with Crippen LogP contribution in [-0.2, 0) is 4.79 Å². The molecule has 0 fully saturated rings. The number of amides is 1. The van der Waals surface area contributed by atoms with Crippen molar-refractivity contribution in [2.75, 3.05) is 6.54 Å². The first-order chi connectivity index (χ1) is 8.81. The van der Waals surface area contributed by atoms with Crippen LogP contribution in [0.15, 0.2) is 0 Å². The Kier molecular flexibility index (Phi) is 7.50. The summed E-state index contributed by atoms with van der Waals surface area (Å²) < 4.78 is 35.9. The average Bonchev–Trinajstić information content (AvgIpc) is 2.32. The molecule has 0 heterocycles. The van der Waals surface area contributed by atoms with Crippen LogP contribution in [0.5, 0.6) is 0 Å². The SMILES string of the molecule is CCCC(C#N)(CCC)C(=O)NCCCC(F)(F)F. The molecule has 19 heavy (non-hydrogen) atoms. The number of nitriles is 1. The molecular weight excluding hydrogens is 257 g/mol. The van der Waals surface area contributed by atoms with Crippen molar-refractivity contribution < 1.29 is 18.0 Å². The Balaban J connectivity index is 4.38. The normalized spacial score (nSPS) is 12.0. The molecule has 3 nitrogen and oxygen atoms in total. The minimum atomic E-state index is -4.20. The van der Waals surface area contributed by atoms with Crippen LogP contribution in [0, 0.1) is 16.7 Å². The maximum absolute atomic E-state index is 12.0. The number of hydrogen-bond donors (Lipinski definition) is 1. The van der Waals surface area contributed by atoms with Crippen LogP contribution in [0.4, 0.5) is 13.2 Å². The molecule has 0 aliphatic rings. The standard InChI is InChI=1S/C13H21F3N2O/c1-3-6-12(10-17,7-4-2)11(19)18-9-5-8-13(14,15)16/h3-9H2,1-2H3,(H,18,19). The minimum absolute atomic E-state index is 0.0464. The molecule has 0 atom stereocenters. The van der Waals surface area contributed by atoms with Gasteiger partial charge in [-0.05, 0) is 19.3 Å². The Hall–Kier alpha value is -1.25. The summed E-state index contributed by atoms with van der Waals surface area (Å²) in [5, 5.41) is 11.7. The predicted octanol–water partition coefficient (Wildman–Crippen LogP) is 3.56. The van der Waals surface area contributed by atoms with Gasteiger partial charge in [-0.3, -0.25) is 4.79 Å². The Bertz CT molecular complexity index is 315. The van der Waals surface area contributed by atoms with Gasteiger partial charge in [-0.1, -0.05) is 26.7 Å². The van der Waals surface area contributed by atoms with Crippen molar-refractivity contribution in [1.82, 2.24) is 5.32 Å². The van der Waals surface area contributed by atoms with Crippen LogP contribution in [-0.4, -0.2) is 18.6 Å². The van der Waals surface area contributed by atoms with Crippen molar-refractivity contribution in [3.63, 3.8) is 0 Å². The van der Waals surface area contributed by atoms with Gasteiger partial charge in [0.2, 0.25) is 5.91 Å². The van der Waals surface area contributed by atoms with E-state index in [1.54, 1.807) is 0 Å². The van der Waals surface area contributed by atoms with E-state index in [1.807, 2.05) is 19.9 Å². The fourth-order valence-electron chi connectivity index (χ4n) is 2.03. The van der Waals surface area contributed by atoms with Crippen molar-refractivity contribution in [1.29, 1.82) is 5.26 Å². The quantitative estimate of drug-likeness (QED) is 0.690. The Morgan fingerprint density at radius 1 is 1.16 bits per heavy atom. The van der Waals surface area contributed by atoms with Gasteiger partial charge < -0.3 is 5.32 Å². The molecule has 0 aromatic rings. The Morgan fingerprint density at radius 3 is 2.05 bits per heavy atom. The molecule has 0 saturated carbocycles. The lowest BCUT2D eigenvalue weighted by molar-refractivity contribution is -0.137. The molecule has 0 bridgehead atoms. The maximum Gasteiger partial charge on any atom is 0.389 e. The summed E-state index contributed by atoms with van der Waals surface area (Å²) in [7, 11) is 0. The number of nitrogens with zero attached hydrogens (tertiary/aromatic N) is 1. The van der Waals surface area contributed by atoms with Crippen LogP contribution >= 0.6 is 0 Å². The molecular formula is C13H21F3N2O. The molecule has 0 spiro atoms. The van der Waals surface area contributed by atoms with Gasteiger partial charge in [0.25, 0.3) is 0 Å². The number of halogens is 3. The predicted molar refractivity (Wildman–Crippen MR) is 66.2 cm³/mol. The van der Waals surface area contributed by atoms with E-state index in [0.29, 0.717) is 25.7 Å². The van der Waals surface area contributed by atoms with Gasteiger partial charge in [0.1, 0.15) is 5.41 Å². The minimum Gasteiger partial charge on any atom is -0.355 e. The summed E-state index contributed by atoms with van der Waals surface area (Å²) in [4.78, 5) is 12.0. The van der Waals surface area contributed by atoms with Gasteiger partial charge in [-0.25, -0.2) is 0 Å². The van der Waals surface area contributed by atoms with E-state index >= 15 is 0 Å². The van der Waals surface area contributed by atoms with Crippen molar-refractivity contribution in [2.24, 2.45) is 5.41 Å². The highest BCUT2D eigenvalue weighted by molar-refractivity contribution is 5.85. The third-order valence-electron chi connectivity index (χ3n) is 2.92. The number of nitrogens with one attached hydrogen (secondary N) is 1. The van der Waals surface area contributed by atoms with Gasteiger partial charge in [0.15, 0.2) is 0 Å². The molecule has 0 aromatic heterocycles. The molecule has 0 aliphatic heterocycles. The summed E-state index contributed by atoms with van der Waals surface area (Å²) in [5.74, 6) is -0.444. The third-order valence-corrected chi connectivity index (χ3v) is 2.92. The lowest BCUT2D eigenvalue weighted by atomic mass is 9.80. The summed E-state index contributed by atoms with van der Waals surface area (Å²) in [6.07, 6.45) is -3.05. The summed E-state index contributed by atoms with van der Waals surface area (Å²) in [6.45, 7) is 3.70. The van der Waals surface area contributed by atoms with E-state index < -0.39 is 23.9 Å². The van der Waals surface area contributed by atoms with Crippen LogP contribution in [0.2, 0.25) is 0 Å². The van der Waals surface area contributed by atoms with Crippen molar-refractivity contribution in [3.05, 3.63) is 0 Å². The fraction of sp³-hybridized carbons (Fsp3) is 0.846. The topological polar surface area (TPSA) is 52.9 Å².